The van der Waals surface area contributed by atoms with Crippen LogP contribution in [0.4, 0.5) is 0 Å². The van der Waals surface area contributed by atoms with Crippen LogP contribution in [0.15, 0.2) is 77.2 Å². The van der Waals surface area contributed by atoms with E-state index >= 15 is 0 Å². The number of furan rings is 1. The molecule has 5 heteroatoms. The van der Waals surface area contributed by atoms with Gasteiger partial charge in [0.05, 0.1) is 17.5 Å². The zero-order valence-electron chi connectivity index (χ0n) is 16.0. The number of nitrogens with zero attached hydrogens (tertiary/aromatic N) is 2. The molecule has 5 nitrogen and oxygen atoms in total. The van der Waals surface area contributed by atoms with Gasteiger partial charge in [0.2, 0.25) is 5.78 Å². The molecule has 0 saturated heterocycles. The van der Waals surface area contributed by atoms with Crippen LogP contribution >= 0.6 is 0 Å². The molecule has 29 heavy (non-hydrogen) atoms. The first-order chi connectivity index (χ1) is 14.1. The van der Waals surface area contributed by atoms with E-state index in [-0.39, 0.29) is 11.5 Å². The molecule has 0 bridgehead atoms. The summed E-state index contributed by atoms with van der Waals surface area (Å²) in [7, 11) is 0. The Bertz CT molecular complexity index is 1250. The molecule has 5 rings (SSSR count). The van der Waals surface area contributed by atoms with Crippen molar-refractivity contribution in [1.82, 2.24) is 9.78 Å². The molecular weight excluding hydrogens is 364 g/mol. The number of hydrogen-bond acceptors (Lipinski definition) is 4. The molecule has 0 aliphatic carbocycles. The number of Topliss-reactive ketones (excluding diaryl/α,β-unsaturated/α-hetero) is 1. The maximum absolute atomic E-state index is 12.9. The predicted octanol–water partition coefficient (Wildman–Crippen LogP) is 5.37. The number of aryl methyl sites for hydroxylation is 2. The average Bonchev–Trinajstić information content (AvgIpc) is 3.45. The Hall–Kier alpha value is -3.86. The number of ether oxygens (including phenoxy) is 1. The molecule has 2 aromatic heterocycles. The highest BCUT2D eigenvalue weighted by atomic mass is 16.5. The highest BCUT2D eigenvalue weighted by Crippen LogP contribution is 2.35. The van der Waals surface area contributed by atoms with E-state index in [1.54, 1.807) is 17.0 Å². The number of ketones is 1. The van der Waals surface area contributed by atoms with Crippen molar-refractivity contribution in [3.8, 4) is 22.9 Å². The van der Waals surface area contributed by atoms with Gasteiger partial charge in [-0.3, -0.25) is 4.79 Å². The van der Waals surface area contributed by atoms with Crippen LogP contribution in [0.5, 0.6) is 5.75 Å². The smallest absolute Gasteiger partial charge is 0.231 e. The second-order valence-corrected chi connectivity index (χ2v) is 7.06. The zero-order chi connectivity index (χ0) is 20.0. The van der Waals surface area contributed by atoms with E-state index < -0.39 is 0 Å². The minimum absolute atomic E-state index is 0.124. The van der Waals surface area contributed by atoms with E-state index in [0.29, 0.717) is 22.8 Å². The van der Waals surface area contributed by atoms with Gasteiger partial charge in [-0.1, -0.05) is 18.2 Å². The minimum Gasteiger partial charge on any atom is -0.463 e. The fraction of sp³-hybridized carbons (Fsp3) is 0.0833. The molecule has 1 aliphatic heterocycles. The van der Waals surface area contributed by atoms with Gasteiger partial charge >= 0.3 is 0 Å². The Morgan fingerprint density at radius 3 is 2.55 bits per heavy atom. The maximum Gasteiger partial charge on any atom is 0.231 e. The van der Waals surface area contributed by atoms with Crippen LogP contribution < -0.4 is 4.74 Å². The summed E-state index contributed by atoms with van der Waals surface area (Å²) in [4.78, 5) is 12.9. The third kappa shape index (κ3) is 2.97. The van der Waals surface area contributed by atoms with E-state index in [9.17, 15) is 4.79 Å². The van der Waals surface area contributed by atoms with Crippen LogP contribution in [0.3, 0.4) is 0 Å². The van der Waals surface area contributed by atoms with Gasteiger partial charge in [-0.05, 0) is 67.4 Å². The van der Waals surface area contributed by atoms with Crippen LogP contribution in [0.25, 0.3) is 23.2 Å². The number of carbonyl (C=O) groups excluding carboxylic acids is 1. The van der Waals surface area contributed by atoms with Gasteiger partial charge < -0.3 is 9.15 Å². The summed E-state index contributed by atoms with van der Waals surface area (Å²) in [5.41, 5.74) is 5.05. The number of carbonyl (C=O) groups is 1. The van der Waals surface area contributed by atoms with Crippen molar-refractivity contribution in [3.05, 3.63) is 95.1 Å². The highest BCUT2D eigenvalue weighted by Gasteiger charge is 2.28. The van der Waals surface area contributed by atoms with Crippen molar-refractivity contribution in [2.45, 2.75) is 13.8 Å². The number of aromatic nitrogens is 2. The lowest BCUT2D eigenvalue weighted by atomic mass is 10.0. The largest absolute Gasteiger partial charge is 0.463 e. The molecule has 0 unspecified atom stereocenters. The third-order valence-corrected chi connectivity index (χ3v) is 5.09. The molecule has 0 N–H and O–H groups in total. The first-order valence-electron chi connectivity index (χ1n) is 9.34. The molecular formula is C24H18N2O3. The number of hydrogen-bond donors (Lipinski definition) is 0. The molecule has 0 radical (unpaired) electrons. The van der Waals surface area contributed by atoms with Gasteiger partial charge in [0, 0.05) is 11.8 Å². The summed E-state index contributed by atoms with van der Waals surface area (Å²) in [5.74, 6) is 1.38. The van der Waals surface area contributed by atoms with E-state index in [0.717, 1.165) is 22.4 Å². The molecule has 142 valence electrons. The van der Waals surface area contributed by atoms with E-state index in [1.807, 2.05) is 74.6 Å². The lowest BCUT2D eigenvalue weighted by Crippen LogP contribution is -1.98. The summed E-state index contributed by atoms with van der Waals surface area (Å²) in [5, 5.41) is 4.68. The second kappa shape index (κ2) is 6.63. The van der Waals surface area contributed by atoms with Crippen LogP contribution in [0.2, 0.25) is 0 Å². The van der Waals surface area contributed by atoms with Crippen molar-refractivity contribution >= 4 is 11.9 Å². The van der Waals surface area contributed by atoms with Crippen molar-refractivity contribution in [2.75, 3.05) is 0 Å². The summed E-state index contributed by atoms with van der Waals surface area (Å²) in [6.07, 6.45) is 5.21. The number of rotatable bonds is 3. The van der Waals surface area contributed by atoms with Gasteiger partial charge in [-0.15, -0.1) is 0 Å². The average molecular weight is 382 g/mol. The molecule has 1 aliphatic rings. The van der Waals surface area contributed by atoms with Crippen LogP contribution in [0, 0.1) is 13.8 Å². The molecule has 2 aromatic carbocycles. The minimum atomic E-state index is -0.124. The Balaban J connectivity index is 1.61. The van der Waals surface area contributed by atoms with Crippen LogP contribution in [-0.4, -0.2) is 15.6 Å². The standard InChI is InChI=1S/C24H18N2O3/c1-15-11-19-21(12-16(15)2)29-22(24(19)27)13-17-14-26(18-7-4-3-5-8-18)25-23(17)20-9-6-10-28-20/h3-14H,1-2H3/b22-13-. The fourth-order valence-corrected chi connectivity index (χ4v) is 3.40. The van der Waals surface area contributed by atoms with Crippen molar-refractivity contribution < 1.29 is 13.9 Å². The van der Waals surface area contributed by atoms with E-state index in [1.165, 1.54) is 0 Å². The normalized spacial score (nSPS) is 14.3. The Kier molecular flexibility index (Phi) is 3.95. The number of allylic oxidation sites excluding steroid dienone is 1. The van der Waals surface area contributed by atoms with Gasteiger partial charge in [0.1, 0.15) is 11.4 Å². The van der Waals surface area contributed by atoms with E-state index in [2.05, 4.69) is 5.10 Å². The Morgan fingerprint density at radius 2 is 1.79 bits per heavy atom. The molecule has 0 saturated carbocycles. The number of para-hydroxylation sites is 1. The van der Waals surface area contributed by atoms with Crippen LogP contribution in [-0.2, 0) is 0 Å². The van der Waals surface area contributed by atoms with Crippen molar-refractivity contribution in [2.24, 2.45) is 0 Å². The Labute approximate surface area is 167 Å². The molecule has 0 atom stereocenters. The molecule has 0 amide bonds. The predicted molar refractivity (Wildman–Crippen MR) is 110 cm³/mol. The molecule has 0 spiro atoms. The summed E-state index contributed by atoms with van der Waals surface area (Å²) in [6.45, 7) is 3.99. The third-order valence-electron chi connectivity index (χ3n) is 5.09. The van der Waals surface area contributed by atoms with Gasteiger partial charge in [0.25, 0.3) is 0 Å². The molecule has 4 aromatic rings. The number of fused-ring (bicyclic) bond motifs is 1. The topological polar surface area (TPSA) is 57.3 Å². The van der Waals surface area contributed by atoms with Gasteiger partial charge in [-0.25, -0.2) is 4.68 Å². The lowest BCUT2D eigenvalue weighted by Gasteiger charge is -2.02. The lowest BCUT2D eigenvalue weighted by molar-refractivity contribution is 0.101. The summed E-state index contributed by atoms with van der Waals surface area (Å²) >= 11 is 0. The van der Waals surface area contributed by atoms with E-state index in [4.69, 9.17) is 9.15 Å². The van der Waals surface area contributed by atoms with Crippen molar-refractivity contribution in [1.29, 1.82) is 0 Å². The van der Waals surface area contributed by atoms with Gasteiger partial charge in [-0.2, -0.15) is 5.10 Å². The SMILES string of the molecule is Cc1cc2c(cc1C)C(=O)/C(=C/c1cn(-c3ccccc3)nc1-c1ccco1)O2. The zero-order valence-corrected chi connectivity index (χ0v) is 16.0. The van der Waals surface area contributed by atoms with Gasteiger partial charge in [0.15, 0.2) is 11.5 Å². The molecule has 0 fully saturated rings. The number of benzene rings is 2. The van der Waals surface area contributed by atoms with Crippen LogP contribution in [0.1, 0.15) is 27.0 Å². The molecule has 3 heterocycles. The quantitative estimate of drug-likeness (QED) is 0.447. The maximum atomic E-state index is 12.9. The van der Waals surface area contributed by atoms with Crippen molar-refractivity contribution in [3.63, 3.8) is 0 Å². The fourth-order valence-electron chi connectivity index (χ4n) is 3.40. The second-order valence-electron chi connectivity index (χ2n) is 7.06. The first kappa shape index (κ1) is 17.3. The summed E-state index contributed by atoms with van der Waals surface area (Å²) < 4.78 is 13.2. The Morgan fingerprint density at radius 1 is 1.00 bits per heavy atom. The first-order valence-corrected chi connectivity index (χ1v) is 9.34. The highest BCUT2D eigenvalue weighted by molar-refractivity contribution is 6.14. The monoisotopic (exact) mass is 382 g/mol. The summed E-state index contributed by atoms with van der Waals surface area (Å²) in [6, 6.07) is 17.2.